The molecule has 9 heteroatoms. The highest BCUT2D eigenvalue weighted by Gasteiger charge is 2.30. The van der Waals surface area contributed by atoms with Gasteiger partial charge in [-0.1, -0.05) is 5.92 Å². The quantitative estimate of drug-likeness (QED) is 0.795. The van der Waals surface area contributed by atoms with Crippen LogP contribution in [0, 0.1) is 11.8 Å². The summed E-state index contributed by atoms with van der Waals surface area (Å²) in [7, 11) is -4.19. The highest BCUT2D eigenvalue weighted by Crippen LogP contribution is 2.21. The van der Waals surface area contributed by atoms with Crippen molar-refractivity contribution in [1.29, 1.82) is 0 Å². The number of hydrogen-bond donors (Lipinski definition) is 2. The molecule has 1 unspecified atom stereocenters. The zero-order chi connectivity index (χ0) is 17.8. The molecule has 1 aromatic rings. The summed E-state index contributed by atoms with van der Waals surface area (Å²) >= 11 is 0. The lowest BCUT2D eigenvalue weighted by atomic mass is 10.1. The first kappa shape index (κ1) is 18.6. The first-order chi connectivity index (χ1) is 11.2. The number of rotatable bonds is 4. The summed E-state index contributed by atoms with van der Waals surface area (Å²) in [6.07, 6.45) is -4.60. The molecule has 1 aliphatic heterocycles. The molecule has 1 aliphatic rings. The lowest BCUT2D eigenvalue weighted by molar-refractivity contribution is -0.121. The smallest absolute Gasteiger partial charge is 0.355 e. The average Bonchev–Trinajstić information content (AvgIpc) is 2.54. The minimum atomic E-state index is -4.60. The molecular formula is C15H18F3N3O2S. The summed E-state index contributed by atoms with van der Waals surface area (Å²) in [6, 6.07) is 5.73. The Morgan fingerprint density at radius 1 is 1.33 bits per heavy atom. The van der Waals surface area contributed by atoms with Crippen LogP contribution in [0.15, 0.2) is 29.2 Å². The molecule has 1 heterocycles. The van der Waals surface area contributed by atoms with Crippen molar-refractivity contribution in [2.75, 3.05) is 31.1 Å². The Balaban J connectivity index is 2.16. The molecule has 0 bridgehead atoms. The van der Waals surface area contributed by atoms with Crippen molar-refractivity contribution in [3.05, 3.63) is 24.3 Å². The van der Waals surface area contributed by atoms with Crippen LogP contribution in [-0.2, 0) is 10.0 Å². The molecule has 1 fully saturated rings. The van der Waals surface area contributed by atoms with Gasteiger partial charge in [-0.2, -0.15) is 13.2 Å². The van der Waals surface area contributed by atoms with E-state index in [0.717, 1.165) is 12.2 Å². The number of halogens is 3. The van der Waals surface area contributed by atoms with Gasteiger partial charge in [0.15, 0.2) is 0 Å². The summed E-state index contributed by atoms with van der Waals surface area (Å²) in [5.41, 5.74) is 0.777. The third kappa shape index (κ3) is 4.87. The van der Waals surface area contributed by atoms with Crippen LogP contribution in [-0.4, -0.2) is 46.8 Å². The minimum absolute atomic E-state index is 0.0328. The lowest BCUT2D eigenvalue weighted by Gasteiger charge is -2.35. The molecule has 0 aromatic heterocycles. The summed E-state index contributed by atoms with van der Waals surface area (Å²) in [4.78, 5) is 1.83. The van der Waals surface area contributed by atoms with Gasteiger partial charge < -0.3 is 10.2 Å². The summed E-state index contributed by atoms with van der Waals surface area (Å²) < 4.78 is 61.8. The fourth-order valence-corrected chi connectivity index (χ4v) is 3.40. The second kappa shape index (κ2) is 7.42. The lowest BCUT2D eigenvalue weighted by Crippen LogP contribution is -2.50. The summed E-state index contributed by atoms with van der Waals surface area (Å²) in [5, 5.41) is 3.23. The number of nitrogens with zero attached hydrogens (tertiary/aromatic N) is 1. The van der Waals surface area contributed by atoms with Crippen molar-refractivity contribution < 1.29 is 21.6 Å². The van der Waals surface area contributed by atoms with E-state index >= 15 is 0 Å². The van der Waals surface area contributed by atoms with Crippen molar-refractivity contribution in [2.24, 2.45) is 0 Å². The Hall–Kier alpha value is -1.76. The molecule has 132 valence electrons. The number of sulfonamides is 1. The third-order valence-electron chi connectivity index (χ3n) is 3.50. The van der Waals surface area contributed by atoms with Gasteiger partial charge in [0.25, 0.3) is 0 Å². The predicted molar refractivity (Wildman–Crippen MR) is 85.1 cm³/mol. The van der Waals surface area contributed by atoms with Gasteiger partial charge in [0.05, 0.1) is 4.90 Å². The molecule has 0 spiro atoms. The topological polar surface area (TPSA) is 61.4 Å². The zero-order valence-electron chi connectivity index (χ0n) is 13.0. The van der Waals surface area contributed by atoms with E-state index in [-0.39, 0.29) is 10.9 Å². The van der Waals surface area contributed by atoms with Gasteiger partial charge in [-0.15, -0.1) is 5.92 Å². The van der Waals surface area contributed by atoms with Crippen molar-refractivity contribution in [3.63, 3.8) is 0 Å². The molecule has 2 N–H and O–H groups in total. The van der Waals surface area contributed by atoms with E-state index in [1.165, 1.54) is 12.1 Å². The summed E-state index contributed by atoms with van der Waals surface area (Å²) in [5.74, 6) is 5.93. The Bertz CT molecular complexity index is 721. The molecule has 2 rings (SSSR count). The van der Waals surface area contributed by atoms with E-state index in [0.29, 0.717) is 13.1 Å². The van der Waals surface area contributed by atoms with E-state index < -0.39 is 22.7 Å². The largest absolute Gasteiger partial charge is 0.402 e. The first-order valence-corrected chi connectivity index (χ1v) is 8.77. The molecule has 5 nitrogen and oxygen atoms in total. The average molecular weight is 361 g/mol. The van der Waals surface area contributed by atoms with Gasteiger partial charge in [-0.3, -0.25) is 0 Å². The van der Waals surface area contributed by atoms with Crippen LogP contribution in [0.5, 0.6) is 0 Å². The maximum atomic E-state index is 12.2. The molecule has 1 aromatic carbocycles. The highest BCUT2D eigenvalue weighted by molar-refractivity contribution is 7.89. The van der Waals surface area contributed by atoms with Crippen LogP contribution < -0.4 is 14.9 Å². The molecule has 0 radical (unpaired) electrons. The first-order valence-electron chi connectivity index (χ1n) is 7.29. The van der Waals surface area contributed by atoms with Crippen LogP contribution >= 0.6 is 0 Å². The number of anilines is 1. The van der Waals surface area contributed by atoms with E-state index in [1.54, 1.807) is 23.8 Å². The number of nitrogens with one attached hydrogen (secondary N) is 2. The molecule has 24 heavy (non-hydrogen) atoms. The van der Waals surface area contributed by atoms with E-state index in [2.05, 4.69) is 17.2 Å². The molecular weight excluding hydrogens is 343 g/mol. The van der Waals surface area contributed by atoms with Crippen molar-refractivity contribution in [2.45, 2.75) is 24.0 Å². The van der Waals surface area contributed by atoms with E-state index in [4.69, 9.17) is 0 Å². The normalized spacial score (nSPS) is 18.8. The van der Waals surface area contributed by atoms with Gasteiger partial charge in [-0.25, -0.2) is 13.1 Å². The van der Waals surface area contributed by atoms with Gasteiger partial charge in [0, 0.05) is 25.3 Å². The molecule has 0 amide bonds. The number of hydrogen-bond acceptors (Lipinski definition) is 4. The van der Waals surface area contributed by atoms with Crippen LogP contribution in [0.2, 0.25) is 0 Å². The van der Waals surface area contributed by atoms with Crippen LogP contribution in [0.3, 0.4) is 0 Å². The Labute approximate surface area is 139 Å². The van der Waals surface area contributed by atoms with Gasteiger partial charge in [0.2, 0.25) is 10.0 Å². The Kier molecular flexibility index (Phi) is 5.74. The van der Waals surface area contributed by atoms with Crippen molar-refractivity contribution >= 4 is 15.7 Å². The molecule has 0 saturated carbocycles. The van der Waals surface area contributed by atoms with Crippen LogP contribution in [0.25, 0.3) is 0 Å². The second-order valence-electron chi connectivity index (χ2n) is 5.24. The second-order valence-corrected chi connectivity index (χ2v) is 7.01. The van der Waals surface area contributed by atoms with Crippen molar-refractivity contribution in [1.82, 2.24) is 10.0 Å². The standard InChI is InChI=1S/C15H18F3N3O2S/c1-2-3-13-10-19-8-9-21(13)12-4-6-14(7-5-12)24(22,23)20-11-15(16,17)18/h4-7,13,19-20H,8-11H2,1H3. The minimum Gasteiger partial charge on any atom is -0.355 e. The molecule has 1 saturated heterocycles. The fourth-order valence-electron chi connectivity index (χ4n) is 2.39. The highest BCUT2D eigenvalue weighted by atomic mass is 32.2. The molecule has 0 aliphatic carbocycles. The third-order valence-corrected chi connectivity index (χ3v) is 4.91. The fraction of sp³-hybridized carbons (Fsp3) is 0.467. The zero-order valence-corrected chi connectivity index (χ0v) is 13.8. The van der Waals surface area contributed by atoms with Gasteiger partial charge in [-0.05, 0) is 31.2 Å². The van der Waals surface area contributed by atoms with Gasteiger partial charge >= 0.3 is 6.18 Å². The predicted octanol–water partition coefficient (Wildman–Crippen LogP) is 1.33. The SMILES string of the molecule is CC#CC1CNCCN1c1ccc(S(=O)(=O)NCC(F)(F)F)cc1. The maximum absolute atomic E-state index is 12.2. The number of benzene rings is 1. The summed E-state index contributed by atoms with van der Waals surface area (Å²) in [6.45, 7) is 2.32. The maximum Gasteiger partial charge on any atom is 0.402 e. The monoisotopic (exact) mass is 361 g/mol. The number of alkyl halides is 3. The van der Waals surface area contributed by atoms with Crippen LogP contribution in [0.1, 0.15) is 6.92 Å². The Morgan fingerprint density at radius 2 is 2.00 bits per heavy atom. The number of piperazine rings is 1. The van der Waals surface area contributed by atoms with E-state index in [1.807, 2.05) is 4.90 Å². The van der Waals surface area contributed by atoms with Gasteiger partial charge in [0.1, 0.15) is 12.6 Å². The Morgan fingerprint density at radius 3 is 2.58 bits per heavy atom. The van der Waals surface area contributed by atoms with Crippen molar-refractivity contribution in [3.8, 4) is 11.8 Å². The molecule has 1 atom stereocenters. The van der Waals surface area contributed by atoms with Crippen LogP contribution in [0.4, 0.5) is 18.9 Å². The van der Waals surface area contributed by atoms with E-state index in [9.17, 15) is 21.6 Å².